The summed E-state index contributed by atoms with van der Waals surface area (Å²) in [7, 11) is 0. The van der Waals surface area contributed by atoms with Gasteiger partial charge in [0.25, 0.3) is 5.91 Å². The van der Waals surface area contributed by atoms with Crippen LogP contribution in [0.4, 0.5) is 13.2 Å². The van der Waals surface area contributed by atoms with Crippen LogP contribution in [0.2, 0.25) is 0 Å². The molecular weight excluding hydrogens is 403 g/mol. The lowest BCUT2D eigenvalue weighted by atomic mass is 9.93. The highest BCUT2D eigenvalue weighted by atomic mass is 19.4. The van der Waals surface area contributed by atoms with Gasteiger partial charge in [0, 0.05) is 12.0 Å². The molecular formula is C25H22F3NO2. The summed E-state index contributed by atoms with van der Waals surface area (Å²) in [6.07, 6.45) is -4.45. The number of halogens is 3. The van der Waals surface area contributed by atoms with Crippen LogP contribution in [-0.4, -0.2) is 17.7 Å². The monoisotopic (exact) mass is 425 g/mol. The van der Waals surface area contributed by atoms with E-state index in [1.54, 1.807) is 30.3 Å². The summed E-state index contributed by atoms with van der Waals surface area (Å²) in [6, 6.07) is 20.6. The molecule has 1 N–H and O–H groups in total. The second kappa shape index (κ2) is 9.60. The van der Waals surface area contributed by atoms with Crippen molar-refractivity contribution in [2.75, 3.05) is 0 Å². The van der Waals surface area contributed by atoms with Gasteiger partial charge in [-0.3, -0.25) is 9.59 Å². The Morgan fingerprint density at radius 3 is 2.10 bits per heavy atom. The number of hydrogen-bond acceptors (Lipinski definition) is 2. The third-order valence-corrected chi connectivity index (χ3v) is 5.13. The van der Waals surface area contributed by atoms with Gasteiger partial charge in [-0.2, -0.15) is 13.2 Å². The number of Topliss-reactive ketones (excluding diaryl/α,β-unsaturated/α-hetero) is 1. The van der Waals surface area contributed by atoms with E-state index in [0.29, 0.717) is 11.1 Å². The second-order valence-corrected chi connectivity index (χ2v) is 7.31. The Kier molecular flexibility index (Phi) is 6.90. The fourth-order valence-corrected chi connectivity index (χ4v) is 3.42. The van der Waals surface area contributed by atoms with Crippen molar-refractivity contribution in [1.29, 1.82) is 0 Å². The Morgan fingerprint density at radius 2 is 1.48 bits per heavy atom. The van der Waals surface area contributed by atoms with Crippen LogP contribution in [0.3, 0.4) is 0 Å². The molecule has 0 aromatic heterocycles. The molecule has 0 fully saturated rings. The molecule has 3 aromatic rings. The summed E-state index contributed by atoms with van der Waals surface area (Å²) in [5.74, 6) is -0.758. The highest BCUT2D eigenvalue weighted by molar-refractivity contribution is 5.98. The molecule has 1 amide bonds. The highest BCUT2D eigenvalue weighted by Gasteiger charge is 2.33. The van der Waals surface area contributed by atoms with E-state index in [2.05, 4.69) is 5.32 Å². The van der Waals surface area contributed by atoms with E-state index < -0.39 is 23.7 Å². The zero-order valence-corrected chi connectivity index (χ0v) is 16.9. The maximum Gasteiger partial charge on any atom is 0.416 e. The molecule has 0 aliphatic rings. The average Bonchev–Trinajstić information content (AvgIpc) is 2.75. The fourth-order valence-electron chi connectivity index (χ4n) is 3.42. The van der Waals surface area contributed by atoms with E-state index in [1.807, 2.05) is 30.3 Å². The zero-order valence-electron chi connectivity index (χ0n) is 16.9. The van der Waals surface area contributed by atoms with Crippen LogP contribution in [0.15, 0.2) is 78.9 Å². The molecule has 3 aromatic carbocycles. The van der Waals surface area contributed by atoms with Gasteiger partial charge in [0.05, 0.1) is 11.6 Å². The van der Waals surface area contributed by atoms with E-state index in [4.69, 9.17) is 0 Å². The largest absolute Gasteiger partial charge is 0.416 e. The number of hydrogen-bond donors (Lipinski definition) is 1. The van der Waals surface area contributed by atoms with Gasteiger partial charge in [0.15, 0.2) is 5.78 Å². The van der Waals surface area contributed by atoms with Crippen molar-refractivity contribution in [2.45, 2.75) is 32.0 Å². The van der Waals surface area contributed by atoms with Crippen molar-refractivity contribution in [3.05, 3.63) is 107 Å². The summed E-state index contributed by atoms with van der Waals surface area (Å²) < 4.78 is 39.7. The second-order valence-electron chi connectivity index (χ2n) is 7.31. The maximum absolute atomic E-state index is 13.2. The Labute approximate surface area is 178 Å². The van der Waals surface area contributed by atoms with Gasteiger partial charge >= 0.3 is 6.18 Å². The minimum Gasteiger partial charge on any atom is -0.342 e. The Hall–Kier alpha value is -3.41. The molecule has 160 valence electrons. The molecule has 0 bridgehead atoms. The molecule has 0 saturated carbocycles. The lowest BCUT2D eigenvalue weighted by molar-refractivity contribution is -0.138. The minimum absolute atomic E-state index is 0.0243. The quantitative estimate of drug-likeness (QED) is 0.568. The van der Waals surface area contributed by atoms with Crippen LogP contribution in [0, 0.1) is 6.92 Å². The molecule has 0 heterocycles. The lowest BCUT2D eigenvalue weighted by Crippen LogP contribution is -2.43. The predicted molar refractivity (Wildman–Crippen MR) is 113 cm³/mol. The van der Waals surface area contributed by atoms with Crippen molar-refractivity contribution in [2.24, 2.45) is 0 Å². The van der Waals surface area contributed by atoms with Gasteiger partial charge in [0.2, 0.25) is 0 Å². The zero-order chi connectivity index (χ0) is 22.4. The molecule has 3 nitrogen and oxygen atoms in total. The van der Waals surface area contributed by atoms with Gasteiger partial charge in [-0.05, 0) is 48.2 Å². The summed E-state index contributed by atoms with van der Waals surface area (Å²) in [4.78, 5) is 25.7. The van der Waals surface area contributed by atoms with Crippen LogP contribution in [0.5, 0.6) is 0 Å². The van der Waals surface area contributed by atoms with Gasteiger partial charge in [-0.1, -0.05) is 60.7 Å². The van der Waals surface area contributed by atoms with Crippen molar-refractivity contribution < 1.29 is 22.8 Å². The number of ketones is 1. The molecule has 1 unspecified atom stereocenters. The topological polar surface area (TPSA) is 46.2 Å². The maximum atomic E-state index is 13.2. The van der Waals surface area contributed by atoms with E-state index in [0.717, 1.165) is 11.6 Å². The van der Waals surface area contributed by atoms with Crippen LogP contribution in [0.25, 0.3) is 0 Å². The Bertz CT molecular complexity index is 1050. The first-order valence-corrected chi connectivity index (χ1v) is 9.84. The third kappa shape index (κ3) is 5.81. The van der Waals surface area contributed by atoms with Gasteiger partial charge in [-0.25, -0.2) is 0 Å². The molecule has 6 heteroatoms. The summed E-state index contributed by atoms with van der Waals surface area (Å²) >= 11 is 0. The summed E-state index contributed by atoms with van der Waals surface area (Å²) in [5, 5.41) is 2.76. The molecule has 31 heavy (non-hydrogen) atoms. The first kappa shape index (κ1) is 22.3. The van der Waals surface area contributed by atoms with Gasteiger partial charge in [0.1, 0.15) is 0 Å². The van der Waals surface area contributed by atoms with Crippen molar-refractivity contribution in [3.8, 4) is 0 Å². The number of benzene rings is 3. The van der Waals surface area contributed by atoms with Gasteiger partial charge in [-0.15, -0.1) is 0 Å². The van der Waals surface area contributed by atoms with E-state index in [1.165, 1.54) is 19.1 Å². The number of nitrogens with one attached hydrogen (secondary N) is 1. The number of amides is 1. The first-order chi connectivity index (χ1) is 14.8. The number of alkyl halides is 3. The standard InChI is InChI=1S/C25H22F3NO2/c1-17-20(13-8-14-21(17)25(26,27)28)16-23(30)22(15-18-9-4-2-5-10-18)29-24(31)19-11-6-3-7-12-19/h2-14,22H,15-16H2,1H3,(H,29,31). The van der Waals surface area contributed by atoms with Crippen molar-refractivity contribution >= 4 is 11.7 Å². The number of rotatable bonds is 7. The van der Waals surface area contributed by atoms with E-state index >= 15 is 0 Å². The molecule has 0 spiro atoms. The van der Waals surface area contributed by atoms with Crippen LogP contribution >= 0.6 is 0 Å². The molecule has 3 rings (SSSR count). The SMILES string of the molecule is Cc1c(CC(=O)C(Cc2ccccc2)NC(=O)c2ccccc2)cccc1C(F)(F)F. The van der Waals surface area contributed by atoms with Crippen molar-refractivity contribution in [3.63, 3.8) is 0 Å². The number of carbonyl (C=O) groups is 2. The van der Waals surface area contributed by atoms with Gasteiger partial charge < -0.3 is 5.32 Å². The van der Waals surface area contributed by atoms with Crippen LogP contribution in [0.1, 0.15) is 32.6 Å². The molecule has 0 aliphatic carbocycles. The Balaban J connectivity index is 1.85. The summed E-state index contributed by atoms with van der Waals surface area (Å²) in [6.45, 7) is 1.36. The minimum atomic E-state index is -4.49. The van der Waals surface area contributed by atoms with Crippen LogP contribution in [-0.2, 0) is 23.8 Å². The molecule has 0 aliphatic heterocycles. The number of carbonyl (C=O) groups excluding carboxylic acids is 2. The predicted octanol–water partition coefficient (Wildman–Crippen LogP) is 5.17. The van der Waals surface area contributed by atoms with Crippen LogP contribution < -0.4 is 5.32 Å². The lowest BCUT2D eigenvalue weighted by Gasteiger charge is -2.20. The third-order valence-electron chi connectivity index (χ3n) is 5.13. The highest BCUT2D eigenvalue weighted by Crippen LogP contribution is 2.33. The average molecular weight is 425 g/mol. The normalized spacial score (nSPS) is 12.3. The smallest absolute Gasteiger partial charge is 0.342 e. The molecule has 0 saturated heterocycles. The fraction of sp³-hybridized carbons (Fsp3) is 0.200. The van der Waals surface area contributed by atoms with Crippen molar-refractivity contribution in [1.82, 2.24) is 5.32 Å². The Morgan fingerprint density at radius 1 is 0.871 bits per heavy atom. The molecule has 0 radical (unpaired) electrons. The molecule has 1 atom stereocenters. The van der Waals surface area contributed by atoms with E-state index in [9.17, 15) is 22.8 Å². The van der Waals surface area contributed by atoms with E-state index in [-0.39, 0.29) is 24.2 Å². The first-order valence-electron chi connectivity index (χ1n) is 9.84. The summed E-state index contributed by atoms with van der Waals surface area (Å²) in [5.41, 5.74) is 0.812.